The minimum atomic E-state index is -4.46. The number of rotatable bonds is 6. The standard InChI is InChI=1S/C18H18F3NO2/c19-18(20,21)15-8-4-7-14(11-15)16(23)12-22-17(24)10-9-13-5-2-1-3-6-13/h1-8,11,16,23H,9-10,12H2,(H,22,24). The van der Waals surface area contributed by atoms with Crippen molar-refractivity contribution in [1.29, 1.82) is 0 Å². The van der Waals surface area contributed by atoms with Gasteiger partial charge in [-0.1, -0.05) is 42.5 Å². The average molecular weight is 337 g/mol. The van der Waals surface area contributed by atoms with Crippen molar-refractivity contribution in [3.8, 4) is 0 Å². The van der Waals surface area contributed by atoms with Gasteiger partial charge in [0.25, 0.3) is 0 Å². The van der Waals surface area contributed by atoms with E-state index in [0.717, 1.165) is 17.7 Å². The summed E-state index contributed by atoms with van der Waals surface area (Å²) in [6.07, 6.45) is -4.84. The molecule has 1 atom stereocenters. The quantitative estimate of drug-likeness (QED) is 0.848. The molecule has 2 N–H and O–H groups in total. The van der Waals surface area contributed by atoms with E-state index in [2.05, 4.69) is 5.32 Å². The molecule has 0 saturated heterocycles. The van der Waals surface area contributed by atoms with E-state index >= 15 is 0 Å². The number of aliphatic hydroxyl groups excluding tert-OH is 1. The molecule has 0 bridgehead atoms. The van der Waals surface area contributed by atoms with Crippen LogP contribution >= 0.6 is 0 Å². The van der Waals surface area contributed by atoms with Gasteiger partial charge in [0.15, 0.2) is 0 Å². The third kappa shape index (κ3) is 5.38. The van der Waals surface area contributed by atoms with E-state index in [9.17, 15) is 23.1 Å². The summed E-state index contributed by atoms with van der Waals surface area (Å²) in [5.41, 5.74) is 0.314. The van der Waals surface area contributed by atoms with Crippen molar-refractivity contribution in [3.63, 3.8) is 0 Å². The van der Waals surface area contributed by atoms with Crippen molar-refractivity contribution < 1.29 is 23.1 Å². The highest BCUT2D eigenvalue weighted by atomic mass is 19.4. The highest BCUT2D eigenvalue weighted by Gasteiger charge is 2.30. The summed E-state index contributed by atoms with van der Waals surface area (Å²) in [7, 11) is 0. The summed E-state index contributed by atoms with van der Waals surface area (Å²) >= 11 is 0. The van der Waals surface area contributed by atoms with Crippen LogP contribution in [0.25, 0.3) is 0 Å². The van der Waals surface area contributed by atoms with Gasteiger partial charge in [0, 0.05) is 13.0 Å². The van der Waals surface area contributed by atoms with Gasteiger partial charge in [-0.05, 0) is 29.7 Å². The van der Waals surface area contributed by atoms with E-state index in [4.69, 9.17) is 0 Å². The van der Waals surface area contributed by atoms with Crippen molar-refractivity contribution in [2.24, 2.45) is 0 Å². The molecular weight excluding hydrogens is 319 g/mol. The Labute approximate surface area is 138 Å². The van der Waals surface area contributed by atoms with Crippen molar-refractivity contribution in [3.05, 3.63) is 71.3 Å². The normalized spacial score (nSPS) is 12.7. The Balaban J connectivity index is 1.84. The third-order valence-electron chi connectivity index (χ3n) is 3.57. The van der Waals surface area contributed by atoms with Gasteiger partial charge in [-0.15, -0.1) is 0 Å². The Kier molecular flexibility index (Phi) is 5.98. The van der Waals surface area contributed by atoms with Crippen LogP contribution < -0.4 is 5.32 Å². The second kappa shape index (κ2) is 7.97. The van der Waals surface area contributed by atoms with Crippen molar-refractivity contribution in [1.82, 2.24) is 5.32 Å². The topological polar surface area (TPSA) is 49.3 Å². The molecule has 0 fully saturated rings. The van der Waals surface area contributed by atoms with E-state index in [1.165, 1.54) is 12.1 Å². The van der Waals surface area contributed by atoms with Crippen LogP contribution in [0, 0.1) is 0 Å². The summed E-state index contributed by atoms with van der Waals surface area (Å²) in [6, 6.07) is 13.9. The lowest BCUT2D eigenvalue weighted by Gasteiger charge is -2.14. The number of amides is 1. The number of halogens is 3. The zero-order valence-corrected chi connectivity index (χ0v) is 12.9. The molecule has 0 saturated carbocycles. The molecule has 1 amide bonds. The number of alkyl halides is 3. The molecule has 0 aliphatic carbocycles. The number of benzene rings is 2. The minimum Gasteiger partial charge on any atom is -0.387 e. The zero-order valence-electron chi connectivity index (χ0n) is 12.9. The summed E-state index contributed by atoms with van der Waals surface area (Å²) in [6.45, 7) is -0.130. The van der Waals surface area contributed by atoms with Crippen LogP contribution in [0.3, 0.4) is 0 Å². The van der Waals surface area contributed by atoms with Crippen molar-refractivity contribution in [2.75, 3.05) is 6.54 Å². The number of aliphatic hydroxyl groups is 1. The van der Waals surface area contributed by atoms with Crippen LogP contribution in [0.1, 0.15) is 29.2 Å². The number of nitrogens with one attached hydrogen (secondary N) is 1. The predicted octanol–water partition coefficient (Wildman–Crippen LogP) is 3.49. The molecule has 0 aromatic heterocycles. The van der Waals surface area contributed by atoms with E-state index in [0.29, 0.717) is 6.42 Å². The number of hydrogen-bond acceptors (Lipinski definition) is 2. The molecule has 24 heavy (non-hydrogen) atoms. The summed E-state index contributed by atoms with van der Waals surface area (Å²) in [4.78, 5) is 11.8. The molecule has 2 rings (SSSR count). The first kappa shape index (κ1) is 18.0. The van der Waals surface area contributed by atoms with Crippen molar-refractivity contribution in [2.45, 2.75) is 25.1 Å². The Morgan fingerprint density at radius 2 is 1.79 bits per heavy atom. The molecule has 0 heterocycles. The van der Waals surface area contributed by atoms with Gasteiger partial charge in [0.1, 0.15) is 0 Å². The maximum Gasteiger partial charge on any atom is 0.416 e. The number of carbonyl (C=O) groups excluding carboxylic acids is 1. The first-order valence-corrected chi connectivity index (χ1v) is 7.52. The van der Waals surface area contributed by atoms with E-state index in [1.54, 1.807) is 0 Å². The average Bonchev–Trinajstić information content (AvgIpc) is 2.58. The predicted molar refractivity (Wildman–Crippen MR) is 84.2 cm³/mol. The Morgan fingerprint density at radius 1 is 1.08 bits per heavy atom. The summed E-state index contributed by atoms with van der Waals surface area (Å²) in [5.74, 6) is -0.259. The third-order valence-corrected chi connectivity index (χ3v) is 3.57. The molecule has 3 nitrogen and oxygen atoms in total. The SMILES string of the molecule is O=C(CCc1ccccc1)NCC(O)c1cccc(C(F)(F)F)c1. The molecule has 0 spiro atoms. The molecule has 2 aromatic carbocycles. The summed E-state index contributed by atoms with van der Waals surface area (Å²) in [5, 5.41) is 12.5. The minimum absolute atomic E-state index is 0.119. The Hall–Kier alpha value is -2.34. The van der Waals surface area contributed by atoms with Gasteiger partial charge < -0.3 is 10.4 Å². The van der Waals surface area contributed by atoms with Crippen LogP contribution in [0.5, 0.6) is 0 Å². The lowest BCUT2D eigenvalue weighted by Crippen LogP contribution is -2.28. The van der Waals surface area contributed by atoms with E-state index < -0.39 is 17.8 Å². The van der Waals surface area contributed by atoms with Gasteiger partial charge >= 0.3 is 6.18 Å². The summed E-state index contributed by atoms with van der Waals surface area (Å²) < 4.78 is 38.0. The highest BCUT2D eigenvalue weighted by molar-refractivity contribution is 5.76. The van der Waals surface area contributed by atoms with Gasteiger partial charge in [-0.2, -0.15) is 13.2 Å². The first-order chi connectivity index (χ1) is 11.4. The van der Waals surface area contributed by atoms with Crippen LogP contribution in [0.2, 0.25) is 0 Å². The molecule has 0 aliphatic rings. The van der Waals surface area contributed by atoms with E-state index in [1.807, 2.05) is 30.3 Å². The Morgan fingerprint density at radius 3 is 2.46 bits per heavy atom. The van der Waals surface area contributed by atoms with Crippen LogP contribution in [-0.4, -0.2) is 17.6 Å². The van der Waals surface area contributed by atoms with Gasteiger partial charge in [-0.3, -0.25) is 4.79 Å². The zero-order chi connectivity index (χ0) is 17.6. The van der Waals surface area contributed by atoms with Gasteiger partial charge in [-0.25, -0.2) is 0 Å². The number of aryl methyl sites for hydroxylation is 1. The number of carbonyl (C=O) groups is 1. The van der Waals surface area contributed by atoms with Crippen LogP contribution in [-0.2, 0) is 17.4 Å². The fraction of sp³-hybridized carbons (Fsp3) is 0.278. The second-order valence-corrected chi connectivity index (χ2v) is 5.43. The maximum atomic E-state index is 12.7. The molecule has 1 unspecified atom stereocenters. The fourth-order valence-electron chi connectivity index (χ4n) is 2.24. The molecular formula is C18H18F3NO2. The Bertz CT molecular complexity index is 671. The fourth-order valence-corrected chi connectivity index (χ4v) is 2.24. The van der Waals surface area contributed by atoms with Gasteiger partial charge in [0.05, 0.1) is 11.7 Å². The molecule has 6 heteroatoms. The van der Waals surface area contributed by atoms with Crippen LogP contribution in [0.4, 0.5) is 13.2 Å². The first-order valence-electron chi connectivity index (χ1n) is 7.52. The molecule has 0 aliphatic heterocycles. The monoisotopic (exact) mass is 337 g/mol. The molecule has 0 radical (unpaired) electrons. The highest BCUT2D eigenvalue weighted by Crippen LogP contribution is 2.30. The number of hydrogen-bond donors (Lipinski definition) is 2. The smallest absolute Gasteiger partial charge is 0.387 e. The largest absolute Gasteiger partial charge is 0.416 e. The lowest BCUT2D eigenvalue weighted by atomic mass is 10.1. The maximum absolute atomic E-state index is 12.7. The molecule has 128 valence electrons. The second-order valence-electron chi connectivity index (χ2n) is 5.43. The van der Waals surface area contributed by atoms with E-state index in [-0.39, 0.29) is 24.4 Å². The van der Waals surface area contributed by atoms with Gasteiger partial charge in [0.2, 0.25) is 5.91 Å². The molecule has 2 aromatic rings. The van der Waals surface area contributed by atoms with Crippen molar-refractivity contribution >= 4 is 5.91 Å². The van der Waals surface area contributed by atoms with Crippen LogP contribution in [0.15, 0.2) is 54.6 Å². The lowest BCUT2D eigenvalue weighted by molar-refractivity contribution is -0.137.